The number of fused-ring (bicyclic) bond motifs is 1. The van der Waals surface area contributed by atoms with Crippen LogP contribution in [0.25, 0.3) is 0 Å². The van der Waals surface area contributed by atoms with E-state index in [2.05, 4.69) is 27.4 Å². The lowest BCUT2D eigenvalue weighted by Gasteiger charge is -2.40. The number of anilines is 2. The van der Waals surface area contributed by atoms with E-state index in [0.29, 0.717) is 18.2 Å². The van der Waals surface area contributed by atoms with Gasteiger partial charge in [0.1, 0.15) is 18.0 Å². The van der Waals surface area contributed by atoms with Gasteiger partial charge in [-0.25, -0.2) is 0 Å². The van der Waals surface area contributed by atoms with Gasteiger partial charge in [0, 0.05) is 12.1 Å². The molecule has 1 fully saturated rings. The monoisotopic (exact) mass is 419 g/mol. The molecular formula is C21H24F3N5O. The number of alkyl halides is 3. The fourth-order valence-corrected chi connectivity index (χ4v) is 4.17. The summed E-state index contributed by atoms with van der Waals surface area (Å²) in [5.41, 5.74) is 7.39. The van der Waals surface area contributed by atoms with Crippen LogP contribution in [-0.4, -0.2) is 36.9 Å². The van der Waals surface area contributed by atoms with Crippen LogP contribution in [0.3, 0.4) is 0 Å². The highest BCUT2D eigenvalue weighted by atomic mass is 19.4. The highest BCUT2D eigenvalue weighted by Gasteiger charge is 2.37. The number of rotatable bonds is 4. The smallest absolute Gasteiger partial charge is 0.491 e. The molecule has 2 heterocycles. The number of para-hydroxylation sites is 1. The first-order valence-corrected chi connectivity index (χ1v) is 9.92. The minimum atomic E-state index is -4.76. The lowest BCUT2D eigenvalue weighted by atomic mass is 9.94. The molecule has 0 bridgehead atoms. The van der Waals surface area contributed by atoms with Gasteiger partial charge in [0.25, 0.3) is 0 Å². The van der Waals surface area contributed by atoms with Gasteiger partial charge in [0.2, 0.25) is 0 Å². The SMILES string of the molecule is CC1CCN(C2COc3ccccc3C2Nc2cccc(N)c2N=NC(F)(F)F)C1. The average Bonchev–Trinajstić information content (AvgIpc) is 3.13. The van der Waals surface area contributed by atoms with Gasteiger partial charge in [0.15, 0.2) is 0 Å². The van der Waals surface area contributed by atoms with Gasteiger partial charge < -0.3 is 15.8 Å². The molecule has 0 saturated carbocycles. The molecule has 3 N–H and O–H groups in total. The molecule has 0 aliphatic carbocycles. The van der Waals surface area contributed by atoms with Crippen molar-refractivity contribution in [3.8, 4) is 5.75 Å². The largest absolute Gasteiger partial charge is 0.521 e. The normalized spacial score (nSPS) is 24.6. The molecule has 30 heavy (non-hydrogen) atoms. The van der Waals surface area contributed by atoms with E-state index >= 15 is 0 Å². The molecule has 0 aromatic heterocycles. The van der Waals surface area contributed by atoms with Crippen molar-refractivity contribution in [2.24, 2.45) is 16.1 Å². The van der Waals surface area contributed by atoms with Crippen LogP contribution < -0.4 is 15.8 Å². The number of azo groups is 1. The van der Waals surface area contributed by atoms with Crippen molar-refractivity contribution in [2.45, 2.75) is 31.7 Å². The van der Waals surface area contributed by atoms with E-state index in [0.717, 1.165) is 30.8 Å². The average molecular weight is 419 g/mol. The van der Waals surface area contributed by atoms with Gasteiger partial charge in [-0.3, -0.25) is 4.90 Å². The summed E-state index contributed by atoms with van der Waals surface area (Å²) in [6, 6.07) is 12.4. The topological polar surface area (TPSA) is 75.2 Å². The summed E-state index contributed by atoms with van der Waals surface area (Å²) < 4.78 is 43.9. The van der Waals surface area contributed by atoms with Crippen LogP contribution in [-0.2, 0) is 0 Å². The Kier molecular flexibility index (Phi) is 5.55. The van der Waals surface area contributed by atoms with E-state index < -0.39 is 6.30 Å². The van der Waals surface area contributed by atoms with Crippen LogP contribution in [0.5, 0.6) is 5.75 Å². The van der Waals surface area contributed by atoms with Crippen molar-refractivity contribution in [3.05, 3.63) is 48.0 Å². The minimum absolute atomic E-state index is 0.0210. The zero-order chi connectivity index (χ0) is 21.3. The van der Waals surface area contributed by atoms with Gasteiger partial charge in [-0.05, 0) is 37.1 Å². The van der Waals surface area contributed by atoms with Crippen LogP contribution >= 0.6 is 0 Å². The first kappa shape index (κ1) is 20.5. The Balaban J connectivity index is 1.70. The fourth-order valence-electron chi connectivity index (χ4n) is 4.17. The number of likely N-dealkylation sites (tertiary alicyclic amines) is 1. The van der Waals surface area contributed by atoms with Gasteiger partial charge in [0.05, 0.1) is 23.5 Å². The number of ether oxygens (including phenoxy) is 1. The first-order valence-electron chi connectivity index (χ1n) is 9.92. The number of nitrogen functional groups attached to an aromatic ring is 1. The maximum Gasteiger partial charge on any atom is 0.521 e. The Morgan fingerprint density at radius 3 is 2.70 bits per heavy atom. The van der Waals surface area contributed by atoms with E-state index in [9.17, 15) is 13.2 Å². The molecule has 160 valence electrons. The summed E-state index contributed by atoms with van der Waals surface area (Å²) in [6.45, 7) is 4.61. The highest BCUT2D eigenvalue weighted by Crippen LogP contribution is 2.41. The zero-order valence-electron chi connectivity index (χ0n) is 16.6. The summed E-state index contributed by atoms with van der Waals surface area (Å²) in [5, 5.41) is 9.26. The van der Waals surface area contributed by atoms with Crippen LogP contribution in [0.2, 0.25) is 0 Å². The van der Waals surface area contributed by atoms with Gasteiger partial charge in [-0.15, -0.1) is 18.3 Å². The maximum atomic E-state index is 12.6. The quantitative estimate of drug-likeness (QED) is 0.409. The number of hydrogen-bond donors (Lipinski definition) is 2. The number of nitrogens with zero attached hydrogens (tertiary/aromatic N) is 3. The van der Waals surface area contributed by atoms with Crippen molar-refractivity contribution in [1.82, 2.24) is 4.90 Å². The molecule has 4 rings (SSSR count). The van der Waals surface area contributed by atoms with Crippen molar-refractivity contribution in [2.75, 3.05) is 30.7 Å². The Morgan fingerprint density at radius 2 is 1.97 bits per heavy atom. The number of nitrogens with two attached hydrogens (primary N) is 1. The zero-order valence-corrected chi connectivity index (χ0v) is 16.6. The molecular weight excluding hydrogens is 395 g/mol. The molecule has 2 aromatic carbocycles. The lowest BCUT2D eigenvalue weighted by Crippen LogP contribution is -2.47. The fraction of sp³-hybridized carbons (Fsp3) is 0.429. The third-order valence-electron chi connectivity index (χ3n) is 5.61. The number of hydrogen-bond acceptors (Lipinski definition) is 6. The number of benzene rings is 2. The van der Waals surface area contributed by atoms with E-state index in [4.69, 9.17) is 10.5 Å². The second kappa shape index (κ2) is 8.14. The van der Waals surface area contributed by atoms with E-state index in [-0.39, 0.29) is 23.5 Å². The third-order valence-corrected chi connectivity index (χ3v) is 5.61. The minimum Gasteiger partial charge on any atom is -0.491 e. The van der Waals surface area contributed by atoms with Gasteiger partial charge in [-0.1, -0.05) is 36.3 Å². The van der Waals surface area contributed by atoms with Gasteiger partial charge >= 0.3 is 6.30 Å². The summed E-state index contributed by atoms with van der Waals surface area (Å²) in [7, 11) is 0. The molecule has 0 spiro atoms. The number of nitrogens with one attached hydrogen (secondary N) is 1. The highest BCUT2D eigenvalue weighted by molar-refractivity contribution is 5.78. The van der Waals surface area contributed by atoms with E-state index in [1.807, 2.05) is 24.3 Å². The Morgan fingerprint density at radius 1 is 1.17 bits per heavy atom. The lowest BCUT2D eigenvalue weighted by molar-refractivity contribution is -0.125. The predicted octanol–water partition coefficient (Wildman–Crippen LogP) is 5.13. The number of halogens is 3. The van der Waals surface area contributed by atoms with Crippen LogP contribution in [0.1, 0.15) is 24.9 Å². The summed E-state index contributed by atoms with van der Waals surface area (Å²) >= 11 is 0. The second-order valence-corrected chi connectivity index (χ2v) is 7.84. The van der Waals surface area contributed by atoms with Crippen LogP contribution in [0.4, 0.5) is 30.2 Å². The Bertz CT molecular complexity index is 933. The Labute approximate surface area is 172 Å². The molecule has 0 radical (unpaired) electrons. The van der Waals surface area contributed by atoms with Crippen LogP contribution in [0, 0.1) is 5.92 Å². The standard InChI is InChI=1S/C21H24F3N5O/c1-13-9-10-29(11-13)17-12-30-18-8-3-2-5-14(18)19(17)26-16-7-4-6-15(25)20(16)27-28-21(22,23)24/h2-8,13,17,19,26H,9-12,25H2,1H3. The predicted molar refractivity (Wildman–Crippen MR) is 109 cm³/mol. The second-order valence-electron chi connectivity index (χ2n) is 7.84. The van der Waals surface area contributed by atoms with E-state index in [1.54, 1.807) is 12.1 Å². The van der Waals surface area contributed by atoms with Gasteiger partial charge in [-0.2, -0.15) is 0 Å². The van der Waals surface area contributed by atoms with Crippen LogP contribution in [0.15, 0.2) is 52.7 Å². The first-order chi connectivity index (χ1) is 14.3. The molecule has 3 unspecified atom stereocenters. The van der Waals surface area contributed by atoms with Crippen molar-refractivity contribution < 1.29 is 17.9 Å². The molecule has 0 amide bonds. The van der Waals surface area contributed by atoms with Crippen molar-refractivity contribution >= 4 is 17.1 Å². The van der Waals surface area contributed by atoms with Crippen molar-refractivity contribution in [1.29, 1.82) is 0 Å². The maximum absolute atomic E-state index is 12.6. The summed E-state index contributed by atoms with van der Waals surface area (Å²) in [4.78, 5) is 2.38. The Hall–Kier alpha value is -2.81. The third kappa shape index (κ3) is 4.35. The molecule has 2 aliphatic heterocycles. The molecule has 6 nitrogen and oxygen atoms in total. The van der Waals surface area contributed by atoms with Crippen molar-refractivity contribution in [3.63, 3.8) is 0 Å². The molecule has 9 heteroatoms. The van der Waals surface area contributed by atoms with E-state index in [1.165, 1.54) is 6.07 Å². The summed E-state index contributed by atoms with van der Waals surface area (Å²) in [5.74, 6) is 1.35. The molecule has 2 aromatic rings. The molecule has 2 aliphatic rings. The molecule has 3 atom stereocenters. The summed E-state index contributed by atoms with van der Waals surface area (Å²) in [6.07, 6.45) is -3.66. The molecule has 1 saturated heterocycles.